The van der Waals surface area contributed by atoms with Gasteiger partial charge in [-0.2, -0.15) is 5.10 Å². The fourth-order valence-corrected chi connectivity index (χ4v) is 4.70. The van der Waals surface area contributed by atoms with Crippen molar-refractivity contribution < 1.29 is 13.2 Å². The molecule has 0 aliphatic carbocycles. The van der Waals surface area contributed by atoms with E-state index in [0.29, 0.717) is 13.0 Å². The van der Waals surface area contributed by atoms with E-state index in [1.165, 1.54) is 6.92 Å². The zero-order valence-corrected chi connectivity index (χ0v) is 17.2. The summed E-state index contributed by atoms with van der Waals surface area (Å²) in [6.45, 7) is 10.2. The molecular weight excluding hydrogens is 364 g/mol. The zero-order valence-electron chi connectivity index (χ0n) is 16.4. The summed E-state index contributed by atoms with van der Waals surface area (Å²) in [4.78, 5) is 13.8. The van der Waals surface area contributed by atoms with Gasteiger partial charge in [0.15, 0.2) is 0 Å². The maximum absolute atomic E-state index is 12.7. The van der Waals surface area contributed by atoms with Gasteiger partial charge in [-0.25, -0.2) is 13.1 Å². The van der Waals surface area contributed by atoms with E-state index in [-0.39, 0.29) is 23.4 Å². The molecule has 1 aliphatic rings. The van der Waals surface area contributed by atoms with E-state index in [1.54, 1.807) is 23.1 Å². The van der Waals surface area contributed by atoms with Crippen LogP contribution in [0, 0.1) is 20.8 Å². The summed E-state index contributed by atoms with van der Waals surface area (Å²) in [6, 6.07) is 4.99. The third kappa shape index (κ3) is 3.64. The standard InChI is InChI=1S/C19H26N4O3S/c1-12-10-17-11-18(6-7-19(17)23(12)16(5)24)27(25,26)20-8-9-22-15(4)13(2)14(3)21-22/h6-7,11-12,20H,8-10H2,1-5H3. The molecule has 0 spiro atoms. The minimum Gasteiger partial charge on any atom is -0.309 e. The van der Waals surface area contributed by atoms with Gasteiger partial charge in [0.25, 0.3) is 0 Å². The molecule has 1 aromatic carbocycles. The van der Waals surface area contributed by atoms with Gasteiger partial charge in [-0.05, 0) is 63.4 Å². The summed E-state index contributed by atoms with van der Waals surface area (Å²) in [5.74, 6) is -0.0323. The predicted octanol–water partition coefficient (Wildman–Crippen LogP) is 2.08. The normalized spacial score (nSPS) is 16.6. The first-order valence-electron chi connectivity index (χ1n) is 9.05. The second kappa shape index (κ2) is 7.09. The Balaban J connectivity index is 1.73. The molecule has 0 saturated heterocycles. The smallest absolute Gasteiger partial charge is 0.240 e. The minimum atomic E-state index is -3.62. The van der Waals surface area contributed by atoms with Gasteiger partial charge in [-0.3, -0.25) is 9.48 Å². The molecule has 0 fully saturated rings. The van der Waals surface area contributed by atoms with Crippen molar-refractivity contribution in [2.45, 2.75) is 58.5 Å². The number of benzene rings is 1. The van der Waals surface area contributed by atoms with E-state index in [9.17, 15) is 13.2 Å². The van der Waals surface area contributed by atoms with Gasteiger partial charge in [-0.15, -0.1) is 0 Å². The van der Waals surface area contributed by atoms with Gasteiger partial charge in [-0.1, -0.05) is 0 Å². The number of hydrogen-bond acceptors (Lipinski definition) is 4. The highest BCUT2D eigenvalue weighted by Crippen LogP contribution is 2.33. The van der Waals surface area contributed by atoms with E-state index in [0.717, 1.165) is 28.2 Å². The van der Waals surface area contributed by atoms with Crippen LogP contribution in [-0.4, -0.2) is 36.7 Å². The van der Waals surface area contributed by atoms with Crippen LogP contribution in [0.1, 0.15) is 36.4 Å². The number of amides is 1. The van der Waals surface area contributed by atoms with Crippen molar-refractivity contribution in [1.82, 2.24) is 14.5 Å². The summed E-state index contributed by atoms with van der Waals surface area (Å²) in [6.07, 6.45) is 0.656. The number of carbonyl (C=O) groups excluding carboxylic acids is 1. The number of nitrogens with one attached hydrogen (secondary N) is 1. The Bertz CT molecular complexity index is 995. The second-order valence-corrected chi connectivity index (χ2v) is 8.92. The summed E-state index contributed by atoms with van der Waals surface area (Å²) in [7, 11) is -3.62. The Morgan fingerprint density at radius 2 is 2.00 bits per heavy atom. The second-order valence-electron chi connectivity index (χ2n) is 7.15. The topological polar surface area (TPSA) is 84.3 Å². The first kappa shape index (κ1) is 19.6. The van der Waals surface area contributed by atoms with Crippen LogP contribution in [0.4, 0.5) is 5.69 Å². The molecule has 2 heterocycles. The van der Waals surface area contributed by atoms with E-state index in [1.807, 2.05) is 32.4 Å². The fraction of sp³-hybridized carbons (Fsp3) is 0.474. The summed E-state index contributed by atoms with van der Waals surface area (Å²) < 4.78 is 29.8. The summed E-state index contributed by atoms with van der Waals surface area (Å²) in [5.41, 5.74) is 4.81. The molecule has 146 valence electrons. The monoisotopic (exact) mass is 390 g/mol. The molecule has 0 bridgehead atoms. The lowest BCUT2D eigenvalue weighted by molar-refractivity contribution is -0.116. The third-order valence-corrected chi connectivity index (χ3v) is 6.73. The average molecular weight is 391 g/mol. The van der Waals surface area contributed by atoms with Crippen LogP contribution in [0.25, 0.3) is 0 Å². The van der Waals surface area contributed by atoms with E-state index >= 15 is 0 Å². The van der Waals surface area contributed by atoms with Gasteiger partial charge < -0.3 is 4.90 Å². The summed E-state index contributed by atoms with van der Waals surface area (Å²) >= 11 is 0. The third-order valence-electron chi connectivity index (χ3n) is 5.28. The molecule has 1 aliphatic heterocycles. The molecule has 0 radical (unpaired) electrons. The molecule has 3 rings (SSSR count). The fourth-order valence-electron chi connectivity index (χ4n) is 3.63. The predicted molar refractivity (Wildman–Crippen MR) is 104 cm³/mol. The number of anilines is 1. The van der Waals surface area contributed by atoms with Gasteiger partial charge in [0, 0.05) is 30.9 Å². The lowest BCUT2D eigenvalue weighted by atomic mass is 10.1. The van der Waals surface area contributed by atoms with Crippen LogP contribution in [0.2, 0.25) is 0 Å². The van der Waals surface area contributed by atoms with Crippen LogP contribution in [-0.2, 0) is 27.8 Å². The quantitative estimate of drug-likeness (QED) is 0.847. The highest BCUT2D eigenvalue weighted by molar-refractivity contribution is 7.89. The molecule has 1 unspecified atom stereocenters. The van der Waals surface area contributed by atoms with Gasteiger partial charge in [0.2, 0.25) is 15.9 Å². The zero-order chi connectivity index (χ0) is 19.9. The lowest BCUT2D eigenvalue weighted by Gasteiger charge is -2.20. The number of aryl methyl sites for hydroxylation is 1. The Labute approximate surface area is 160 Å². The number of sulfonamides is 1. The van der Waals surface area contributed by atoms with Gasteiger partial charge in [0.05, 0.1) is 17.1 Å². The Morgan fingerprint density at radius 3 is 2.59 bits per heavy atom. The minimum absolute atomic E-state index is 0.0323. The maximum atomic E-state index is 12.7. The number of rotatable bonds is 5. The highest BCUT2D eigenvalue weighted by atomic mass is 32.2. The lowest BCUT2D eigenvalue weighted by Crippen LogP contribution is -2.33. The molecule has 1 N–H and O–H groups in total. The molecule has 0 saturated carbocycles. The molecule has 1 aromatic heterocycles. The van der Waals surface area contributed by atoms with Crippen LogP contribution in [0.15, 0.2) is 23.1 Å². The van der Waals surface area contributed by atoms with Crippen LogP contribution < -0.4 is 9.62 Å². The Morgan fingerprint density at radius 1 is 1.30 bits per heavy atom. The first-order chi connectivity index (χ1) is 12.6. The molecule has 8 heteroatoms. The average Bonchev–Trinajstić information content (AvgIpc) is 3.05. The van der Waals surface area contributed by atoms with Gasteiger partial charge in [0.1, 0.15) is 0 Å². The molecule has 1 atom stereocenters. The van der Waals surface area contributed by atoms with Gasteiger partial charge >= 0.3 is 0 Å². The van der Waals surface area contributed by atoms with Crippen LogP contribution >= 0.6 is 0 Å². The van der Waals surface area contributed by atoms with Crippen LogP contribution in [0.3, 0.4) is 0 Å². The van der Waals surface area contributed by atoms with Crippen molar-refractivity contribution >= 4 is 21.6 Å². The van der Waals surface area contributed by atoms with Crippen molar-refractivity contribution in [3.05, 3.63) is 40.7 Å². The number of carbonyl (C=O) groups is 1. The van der Waals surface area contributed by atoms with E-state index in [2.05, 4.69) is 9.82 Å². The Kier molecular flexibility index (Phi) is 5.14. The number of hydrogen-bond donors (Lipinski definition) is 1. The van der Waals surface area contributed by atoms with E-state index in [4.69, 9.17) is 0 Å². The number of aromatic nitrogens is 2. The maximum Gasteiger partial charge on any atom is 0.240 e. The molecule has 27 heavy (non-hydrogen) atoms. The largest absolute Gasteiger partial charge is 0.309 e. The SMILES string of the molecule is CC(=O)N1c2ccc(S(=O)(=O)NCCn3nc(C)c(C)c3C)cc2CC1C. The van der Waals surface area contributed by atoms with Crippen molar-refractivity contribution in [2.24, 2.45) is 0 Å². The van der Waals surface area contributed by atoms with Crippen LogP contribution in [0.5, 0.6) is 0 Å². The molecular formula is C19H26N4O3S. The molecule has 7 nitrogen and oxygen atoms in total. The van der Waals surface area contributed by atoms with Crippen molar-refractivity contribution in [3.8, 4) is 0 Å². The van der Waals surface area contributed by atoms with Crippen molar-refractivity contribution in [3.63, 3.8) is 0 Å². The Hall–Kier alpha value is -2.19. The number of nitrogens with zero attached hydrogens (tertiary/aromatic N) is 3. The summed E-state index contributed by atoms with van der Waals surface area (Å²) in [5, 5.41) is 4.43. The van der Waals surface area contributed by atoms with Crippen molar-refractivity contribution in [2.75, 3.05) is 11.4 Å². The number of fused-ring (bicyclic) bond motifs is 1. The highest BCUT2D eigenvalue weighted by Gasteiger charge is 2.30. The first-order valence-corrected chi connectivity index (χ1v) is 10.5. The van der Waals surface area contributed by atoms with Crippen molar-refractivity contribution in [1.29, 1.82) is 0 Å². The molecule has 1 amide bonds. The molecule has 2 aromatic rings. The van der Waals surface area contributed by atoms with E-state index < -0.39 is 10.0 Å².